The lowest BCUT2D eigenvalue weighted by molar-refractivity contribution is 0.285. The van der Waals surface area contributed by atoms with Gasteiger partial charge in [-0.05, 0) is 60.7 Å². The molecule has 6 heteroatoms. The molecule has 0 radical (unpaired) electrons. The maximum absolute atomic E-state index is 13.0. The van der Waals surface area contributed by atoms with Gasteiger partial charge in [-0.25, -0.2) is 17.5 Å². The standard InChI is InChI=1S/C17H20FNO3S/c1-13-12-16(23(21,22)19-10-2-3-11-20)8-9-17(13)14-4-6-15(18)7-5-14/h4-9,12,19-20H,2-3,10-11H2,1H3. The van der Waals surface area contributed by atoms with E-state index in [2.05, 4.69) is 4.72 Å². The summed E-state index contributed by atoms with van der Waals surface area (Å²) >= 11 is 0. The molecule has 0 amide bonds. The van der Waals surface area contributed by atoms with E-state index >= 15 is 0 Å². The first kappa shape index (κ1) is 17.6. The molecule has 0 aliphatic rings. The zero-order valence-corrected chi connectivity index (χ0v) is 13.7. The number of sulfonamides is 1. The predicted octanol–water partition coefficient (Wildman–Crippen LogP) is 2.85. The summed E-state index contributed by atoms with van der Waals surface area (Å²) in [4.78, 5) is 0.199. The number of aliphatic hydroxyl groups excluding tert-OH is 1. The lowest BCUT2D eigenvalue weighted by atomic mass is 10.0. The number of aliphatic hydroxyl groups is 1. The number of benzene rings is 2. The predicted molar refractivity (Wildman–Crippen MR) is 88.1 cm³/mol. The SMILES string of the molecule is Cc1cc(S(=O)(=O)NCCCCO)ccc1-c1ccc(F)cc1. The minimum Gasteiger partial charge on any atom is -0.396 e. The Labute approximate surface area is 136 Å². The van der Waals surface area contributed by atoms with Gasteiger partial charge in [0.1, 0.15) is 5.82 Å². The first-order valence-corrected chi connectivity index (χ1v) is 8.89. The molecule has 2 aromatic rings. The van der Waals surface area contributed by atoms with Gasteiger partial charge in [0, 0.05) is 13.2 Å². The van der Waals surface area contributed by atoms with E-state index in [0.717, 1.165) is 16.7 Å². The van der Waals surface area contributed by atoms with Crippen molar-refractivity contribution in [2.45, 2.75) is 24.7 Å². The fraction of sp³-hybridized carbons (Fsp3) is 0.294. The van der Waals surface area contributed by atoms with Gasteiger partial charge in [-0.2, -0.15) is 0 Å². The molecule has 0 fully saturated rings. The normalized spacial score (nSPS) is 11.6. The van der Waals surface area contributed by atoms with Crippen LogP contribution < -0.4 is 4.72 Å². The molecule has 0 atom stereocenters. The van der Waals surface area contributed by atoms with Crippen molar-refractivity contribution in [1.29, 1.82) is 0 Å². The zero-order valence-electron chi connectivity index (χ0n) is 12.9. The largest absolute Gasteiger partial charge is 0.396 e. The van der Waals surface area contributed by atoms with Crippen molar-refractivity contribution >= 4 is 10.0 Å². The first-order valence-electron chi connectivity index (χ1n) is 7.41. The highest BCUT2D eigenvalue weighted by molar-refractivity contribution is 7.89. The molecular weight excluding hydrogens is 317 g/mol. The Morgan fingerprint density at radius 1 is 1.09 bits per heavy atom. The molecule has 23 heavy (non-hydrogen) atoms. The third-order valence-electron chi connectivity index (χ3n) is 3.54. The van der Waals surface area contributed by atoms with Gasteiger partial charge in [-0.3, -0.25) is 0 Å². The van der Waals surface area contributed by atoms with Crippen molar-refractivity contribution in [2.24, 2.45) is 0 Å². The second-order valence-electron chi connectivity index (χ2n) is 5.31. The van der Waals surface area contributed by atoms with Gasteiger partial charge in [0.05, 0.1) is 4.90 Å². The van der Waals surface area contributed by atoms with Gasteiger partial charge >= 0.3 is 0 Å². The van der Waals surface area contributed by atoms with Crippen LogP contribution in [0, 0.1) is 12.7 Å². The quantitative estimate of drug-likeness (QED) is 0.764. The molecule has 124 valence electrons. The van der Waals surface area contributed by atoms with Gasteiger partial charge in [0.2, 0.25) is 10.0 Å². The average Bonchev–Trinajstić information content (AvgIpc) is 2.52. The van der Waals surface area contributed by atoms with E-state index in [9.17, 15) is 12.8 Å². The summed E-state index contributed by atoms with van der Waals surface area (Å²) in [7, 11) is -3.56. The second kappa shape index (κ2) is 7.68. The summed E-state index contributed by atoms with van der Waals surface area (Å²) in [6.45, 7) is 2.17. The van der Waals surface area contributed by atoms with Crippen LogP contribution in [0.25, 0.3) is 11.1 Å². The summed E-state index contributed by atoms with van der Waals surface area (Å²) in [6, 6.07) is 11.0. The molecule has 0 aliphatic carbocycles. The van der Waals surface area contributed by atoms with E-state index in [-0.39, 0.29) is 17.3 Å². The Kier molecular flexibility index (Phi) is 5.87. The van der Waals surface area contributed by atoms with Crippen molar-refractivity contribution in [3.05, 3.63) is 53.8 Å². The molecule has 2 rings (SSSR count). The first-order chi connectivity index (χ1) is 10.9. The van der Waals surface area contributed by atoms with Crippen LogP contribution in [0.5, 0.6) is 0 Å². The molecule has 0 heterocycles. The summed E-state index contributed by atoms with van der Waals surface area (Å²) in [5.74, 6) is -0.308. The van der Waals surface area contributed by atoms with Crippen molar-refractivity contribution in [1.82, 2.24) is 4.72 Å². The van der Waals surface area contributed by atoms with Crippen molar-refractivity contribution in [3.63, 3.8) is 0 Å². The van der Waals surface area contributed by atoms with Crippen LogP contribution in [0.1, 0.15) is 18.4 Å². The molecule has 0 bridgehead atoms. The van der Waals surface area contributed by atoms with Crippen LogP contribution >= 0.6 is 0 Å². The van der Waals surface area contributed by atoms with Crippen LogP contribution in [0.15, 0.2) is 47.4 Å². The molecule has 2 N–H and O–H groups in total. The van der Waals surface area contributed by atoms with Crippen LogP contribution in [-0.4, -0.2) is 26.7 Å². The van der Waals surface area contributed by atoms with Crippen LogP contribution in [-0.2, 0) is 10.0 Å². The van der Waals surface area contributed by atoms with Crippen molar-refractivity contribution < 1.29 is 17.9 Å². The van der Waals surface area contributed by atoms with E-state index in [1.165, 1.54) is 12.1 Å². The van der Waals surface area contributed by atoms with E-state index in [4.69, 9.17) is 5.11 Å². The third-order valence-corrected chi connectivity index (χ3v) is 5.00. The summed E-state index contributed by atoms with van der Waals surface area (Å²) in [5.41, 5.74) is 2.50. The Balaban J connectivity index is 2.20. The molecule has 0 saturated carbocycles. The Bertz CT molecular complexity index is 758. The summed E-state index contributed by atoms with van der Waals surface area (Å²) in [6.07, 6.45) is 1.15. The van der Waals surface area contributed by atoms with Crippen molar-refractivity contribution in [3.8, 4) is 11.1 Å². The number of halogens is 1. The maximum atomic E-state index is 13.0. The highest BCUT2D eigenvalue weighted by atomic mass is 32.2. The topological polar surface area (TPSA) is 66.4 Å². The number of nitrogens with one attached hydrogen (secondary N) is 1. The minimum absolute atomic E-state index is 0.0488. The molecule has 4 nitrogen and oxygen atoms in total. The van der Waals surface area contributed by atoms with E-state index in [1.807, 2.05) is 6.92 Å². The van der Waals surface area contributed by atoms with Gasteiger partial charge in [-0.15, -0.1) is 0 Å². The summed E-state index contributed by atoms with van der Waals surface area (Å²) in [5, 5.41) is 8.70. The van der Waals surface area contributed by atoms with Crippen molar-refractivity contribution in [2.75, 3.05) is 13.2 Å². The molecule has 0 aliphatic heterocycles. The molecule has 0 unspecified atom stereocenters. The molecule has 2 aromatic carbocycles. The molecule has 0 spiro atoms. The summed E-state index contributed by atoms with van der Waals surface area (Å²) < 4.78 is 39.9. The van der Waals surface area contributed by atoms with Gasteiger partial charge in [0.15, 0.2) is 0 Å². The number of aryl methyl sites for hydroxylation is 1. The smallest absolute Gasteiger partial charge is 0.240 e. The molecule has 0 saturated heterocycles. The van der Waals surface area contributed by atoms with E-state index in [1.54, 1.807) is 30.3 Å². The number of rotatable bonds is 7. The van der Waals surface area contributed by atoms with Gasteiger partial charge in [0.25, 0.3) is 0 Å². The van der Waals surface area contributed by atoms with Crippen LogP contribution in [0.3, 0.4) is 0 Å². The highest BCUT2D eigenvalue weighted by Gasteiger charge is 2.15. The number of unbranched alkanes of at least 4 members (excludes halogenated alkanes) is 1. The monoisotopic (exact) mass is 337 g/mol. The van der Waals surface area contributed by atoms with Gasteiger partial charge in [-0.1, -0.05) is 18.2 Å². The third kappa shape index (κ3) is 4.60. The van der Waals surface area contributed by atoms with E-state index < -0.39 is 10.0 Å². The fourth-order valence-electron chi connectivity index (χ4n) is 2.28. The van der Waals surface area contributed by atoms with Gasteiger partial charge < -0.3 is 5.11 Å². The Morgan fingerprint density at radius 3 is 2.39 bits per heavy atom. The van der Waals surface area contributed by atoms with Crippen LogP contribution in [0.2, 0.25) is 0 Å². The lowest BCUT2D eigenvalue weighted by Crippen LogP contribution is -2.25. The van der Waals surface area contributed by atoms with E-state index in [0.29, 0.717) is 19.4 Å². The second-order valence-corrected chi connectivity index (χ2v) is 7.08. The number of hydrogen-bond donors (Lipinski definition) is 2. The molecular formula is C17H20FNO3S. The van der Waals surface area contributed by atoms with Crippen LogP contribution in [0.4, 0.5) is 4.39 Å². The molecule has 0 aromatic heterocycles. The number of hydrogen-bond acceptors (Lipinski definition) is 3. The highest BCUT2D eigenvalue weighted by Crippen LogP contribution is 2.26. The lowest BCUT2D eigenvalue weighted by Gasteiger charge is -2.10. The minimum atomic E-state index is -3.56. The maximum Gasteiger partial charge on any atom is 0.240 e. The Hall–Kier alpha value is -1.76. The zero-order chi connectivity index (χ0) is 16.9. The average molecular weight is 337 g/mol. The fourth-order valence-corrected chi connectivity index (χ4v) is 3.44. The Morgan fingerprint density at radius 2 is 1.78 bits per heavy atom.